The molecule has 2 N–H and O–H groups in total. The van der Waals surface area contributed by atoms with Crippen LogP contribution in [0.3, 0.4) is 0 Å². The second kappa shape index (κ2) is 8.68. The smallest absolute Gasteiger partial charge is 0.481 e. The number of aromatic amines is 1. The Balaban J connectivity index is 0. The number of carboxylic acid groups (broad SMARTS) is 1. The quantitative estimate of drug-likeness (QED) is 0.312. The average Bonchev–Trinajstić information content (AvgIpc) is 2.11. The van der Waals surface area contributed by atoms with Crippen molar-refractivity contribution in [1.82, 2.24) is 9.97 Å². The fourth-order valence-electron chi connectivity index (χ4n) is 0.186. The Labute approximate surface area is 81.0 Å². The minimum absolute atomic E-state index is 0. The summed E-state index contributed by atoms with van der Waals surface area (Å²) in [4.78, 5) is 15.2. The van der Waals surface area contributed by atoms with Gasteiger partial charge in [-0.3, -0.25) is 4.79 Å². The van der Waals surface area contributed by atoms with Crippen LogP contribution in [0.2, 0.25) is 0 Å². The zero-order valence-electron chi connectivity index (χ0n) is 5.96. The molecular formula is C5H7N2NaO2. The largest absolute Gasteiger partial charge is 1.00 e. The van der Waals surface area contributed by atoms with Gasteiger partial charge in [0.1, 0.15) is 0 Å². The molecule has 0 fully saturated rings. The van der Waals surface area contributed by atoms with Gasteiger partial charge in [-0.25, -0.2) is 0 Å². The Morgan fingerprint density at radius 2 is 2.30 bits per heavy atom. The molecule has 0 spiro atoms. The third-order valence-electron chi connectivity index (χ3n) is 0.362. The molecule has 0 aliphatic heterocycles. The second-order valence-corrected chi connectivity index (χ2v) is 1.22. The molecule has 0 saturated carbocycles. The summed E-state index contributed by atoms with van der Waals surface area (Å²) in [5, 5.41) is 7.42. The Bertz CT molecular complexity index is 131. The topological polar surface area (TPSA) is 66.0 Å². The number of rotatable bonds is 0. The van der Waals surface area contributed by atoms with Crippen LogP contribution in [0, 0.1) is 6.20 Å². The first kappa shape index (κ1) is 12.4. The number of imidazole rings is 1. The summed E-state index contributed by atoms with van der Waals surface area (Å²) in [6, 6.07) is 0. The van der Waals surface area contributed by atoms with Crippen LogP contribution in [0.1, 0.15) is 6.92 Å². The monoisotopic (exact) mass is 150 g/mol. The van der Waals surface area contributed by atoms with Gasteiger partial charge in [0.05, 0.1) is 0 Å². The fourth-order valence-corrected chi connectivity index (χ4v) is 0.186. The SMILES string of the molecule is CC(=O)O.[Na+].[c-]1c[nH]cn1. The minimum Gasteiger partial charge on any atom is -0.481 e. The van der Waals surface area contributed by atoms with Crippen LogP contribution in [0.15, 0.2) is 12.5 Å². The van der Waals surface area contributed by atoms with E-state index in [2.05, 4.69) is 16.2 Å². The van der Waals surface area contributed by atoms with Gasteiger partial charge in [0.15, 0.2) is 0 Å². The molecule has 0 aromatic carbocycles. The Morgan fingerprint density at radius 3 is 2.40 bits per heavy atom. The molecule has 0 atom stereocenters. The maximum Gasteiger partial charge on any atom is 1.00 e. The van der Waals surface area contributed by atoms with E-state index in [0.717, 1.165) is 6.92 Å². The van der Waals surface area contributed by atoms with Crippen molar-refractivity contribution in [3.63, 3.8) is 0 Å². The molecule has 0 saturated heterocycles. The molecule has 1 heterocycles. The summed E-state index contributed by atoms with van der Waals surface area (Å²) < 4.78 is 0. The van der Waals surface area contributed by atoms with E-state index >= 15 is 0 Å². The standard InChI is InChI=1S/C3H3N2.C2H4O2.Na/c1-2-5-3-4-1;1-2(3)4;/h1,3H,(H,4,5);1H3,(H,3,4);/q-1;;+1. The van der Waals surface area contributed by atoms with Crippen molar-refractivity contribution in [3.05, 3.63) is 18.7 Å². The third-order valence-corrected chi connectivity index (χ3v) is 0.362. The molecule has 1 rings (SSSR count). The van der Waals surface area contributed by atoms with Crippen LogP contribution in [0.5, 0.6) is 0 Å². The number of aliphatic carboxylic acids is 1. The van der Waals surface area contributed by atoms with Crippen LogP contribution in [0.4, 0.5) is 0 Å². The number of nitrogens with one attached hydrogen (secondary N) is 1. The molecule has 5 heteroatoms. The molecule has 50 valence electrons. The predicted molar refractivity (Wildman–Crippen MR) is 30.7 cm³/mol. The average molecular weight is 150 g/mol. The molecule has 1 aromatic heterocycles. The van der Waals surface area contributed by atoms with E-state index in [1.807, 2.05) is 0 Å². The van der Waals surface area contributed by atoms with Crippen molar-refractivity contribution in [2.75, 3.05) is 0 Å². The summed E-state index contributed by atoms with van der Waals surface area (Å²) in [5.41, 5.74) is 0. The van der Waals surface area contributed by atoms with Crippen LogP contribution in [-0.2, 0) is 4.79 Å². The molecule has 0 unspecified atom stereocenters. The summed E-state index contributed by atoms with van der Waals surface area (Å²) >= 11 is 0. The molecule has 0 radical (unpaired) electrons. The Kier molecular flexibility index (Phi) is 10.7. The Hall–Kier alpha value is -0.320. The van der Waals surface area contributed by atoms with E-state index in [9.17, 15) is 0 Å². The number of carbonyl (C=O) groups is 1. The molecule has 0 aliphatic carbocycles. The Morgan fingerprint density at radius 1 is 1.80 bits per heavy atom. The number of hydrogen-bond donors (Lipinski definition) is 2. The van der Waals surface area contributed by atoms with Crippen molar-refractivity contribution in [2.24, 2.45) is 0 Å². The first-order valence-electron chi connectivity index (χ1n) is 2.28. The zero-order chi connectivity index (χ0) is 7.11. The van der Waals surface area contributed by atoms with Gasteiger partial charge >= 0.3 is 29.6 Å². The van der Waals surface area contributed by atoms with Gasteiger partial charge in [0.2, 0.25) is 0 Å². The molecule has 4 nitrogen and oxygen atoms in total. The first-order valence-corrected chi connectivity index (χ1v) is 2.28. The molecular weight excluding hydrogens is 143 g/mol. The van der Waals surface area contributed by atoms with Crippen LogP contribution in [-0.4, -0.2) is 21.0 Å². The van der Waals surface area contributed by atoms with Gasteiger partial charge in [-0.1, -0.05) is 12.5 Å². The van der Waals surface area contributed by atoms with Gasteiger partial charge in [-0.15, -0.1) is 6.20 Å². The third kappa shape index (κ3) is 15.6. The normalized spacial score (nSPS) is 6.50. The fraction of sp³-hybridized carbons (Fsp3) is 0.200. The predicted octanol–water partition coefficient (Wildman–Crippen LogP) is -2.70. The van der Waals surface area contributed by atoms with Gasteiger partial charge in [0.25, 0.3) is 5.97 Å². The second-order valence-electron chi connectivity index (χ2n) is 1.22. The van der Waals surface area contributed by atoms with Crippen molar-refractivity contribution in [3.8, 4) is 0 Å². The van der Waals surface area contributed by atoms with Gasteiger partial charge < -0.3 is 15.1 Å². The van der Waals surface area contributed by atoms with Crippen LogP contribution < -0.4 is 29.6 Å². The van der Waals surface area contributed by atoms with E-state index in [4.69, 9.17) is 9.90 Å². The maximum absolute atomic E-state index is 9.00. The van der Waals surface area contributed by atoms with Crippen molar-refractivity contribution in [1.29, 1.82) is 0 Å². The van der Waals surface area contributed by atoms with Crippen LogP contribution in [0.25, 0.3) is 0 Å². The van der Waals surface area contributed by atoms with Crippen molar-refractivity contribution < 1.29 is 39.5 Å². The van der Waals surface area contributed by atoms with Gasteiger partial charge in [0, 0.05) is 6.92 Å². The molecule has 1 aromatic rings. The van der Waals surface area contributed by atoms with Gasteiger partial charge in [-0.05, 0) is 0 Å². The maximum atomic E-state index is 9.00. The van der Waals surface area contributed by atoms with Crippen molar-refractivity contribution >= 4 is 5.97 Å². The zero-order valence-corrected chi connectivity index (χ0v) is 7.96. The van der Waals surface area contributed by atoms with Gasteiger partial charge in [-0.2, -0.15) is 0 Å². The molecule has 0 bridgehead atoms. The first-order chi connectivity index (χ1) is 4.23. The molecule has 0 amide bonds. The van der Waals surface area contributed by atoms with E-state index < -0.39 is 5.97 Å². The van der Waals surface area contributed by atoms with E-state index in [-0.39, 0.29) is 29.6 Å². The number of hydrogen-bond acceptors (Lipinski definition) is 2. The molecule has 0 aliphatic rings. The number of carboxylic acids is 1. The summed E-state index contributed by atoms with van der Waals surface area (Å²) in [6.45, 7) is 1.08. The summed E-state index contributed by atoms with van der Waals surface area (Å²) in [7, 11) is 0. The summed E-state index contributed by atoms with van der Waals surface area (Å²) in [5.74, 6) is -0.833. The minimum atomic E-state index is -0.833. The van der Waals surface area contributed by atoms with E-state index in [0.29, 0.717) is 0 Å². The molecule has 10 heavy (non-hydrogen) atoms. The summed E-state index contributed by atoms with van der Waals surface area (Å²) in [6.07, 6.45) is 5.76. The van der Waals surface area contributed by atoms with Crippen LogP contribution >= 0.6 is 0 Å². The number of aromatic nitrogens is 2. The number of nitrogens with zero attached hydrogens (tertiary/aromatic N) is 1. The van der Waals surface area contributed by atoms with Crippen molar-refractivity contribution in [2.45, 2.75) is 6.92 Å². The van der Waals surface area contributed by atoms with E-state index in [1.54, 1.807) is 12.5 Å². The van der Waals surface area contributed by atoms with E-state index in [1.165, 1.54) is 0 Å². The number of H-pyrrole nitrogens is 1.